The van der Waals surface area contributed by atoms with E-state index in [0.29, 0.717) is 0 Å². The lowest BCUT2D eigenvalue weighted by atomic mass is 10.0. The lowest BCUT2D eigenvalue weighted by molar-refractivity contribution is -0.145. The molecule has 1 aromatic heterocycles. The van der Waals surface area contributed by atoms with Crippen molar-refractivity contribution in [2.75, 3.05) is 7.11 Å². The average molecular weight is 452 g/mol. The standard InChI is InChI=1S/C25H29N3O5/c1-16(2)22(28-25(31)33-15-17-9-5-4-6-10-17)23(29)27-21(24(30)32-3)13-18-14-26-20-12-8-7-11-19(18)20/h4-12,14,16,21-22,26H,13,15H2,1-3H3,(H,27,29)(H,28,31)/t21-,22-/m0/s1. The number of amides is 2. The van der Waals surface area contributed by atoms with Gasteiger partial charge in [-0.1, -0.05) is 62.4 Å². The van der Waals surface area contributed by atoms with Gasteiger partial charge in [0.2, 0.25) is 5.91 Å². The second-order valence-electron chi connectivity index (χ2n) is 8.08. The van der Waals surface area contributed by atoms with Crippen LogP contribution in [0.2, 0.25) is 0 Å². The molecule has 0 spiro atoms. The number of esters is 1. The van der Waals surface area contributed by atoms with Gasteiger partial charge < -0.3 is 25.1 Å². The minimum absolute atomic E-state index is 0.0878. The van der Waals surface area contributed by atoms with Crippen LogP contribution in [-0.4, -0.2) is 42.1 Å². The summed E-state index contributed by atoms with van der Waals surface area (Å²) in [5.41, 5.74) is 2.64. The monoisotopic (exact) mass is 451 g/mol. The highest BCUT2D eigenvalue weighted by Crippen LogP contribution is 2.19. The minimum atomic E-state index is -0.912. The summed E-state index contributed by atoms with van der Waals surface area (Å²) in [5, 5.41) is 6.30. The van der Waals surface area contributed by atoms with Gasteiger partial charge in [-0.3, -0.25) is 4.79 Å². The Kier molecular flexibility index (Phi) is 8.07. The first-order valence-electron chi connectivity index (χ1n) is 10.8. The number of H-pyrrole nitrogens is 1. The summed E-state index contributed by atoms with van der Waals surface area (Å²) in [6, 6.07) is 15.1. The third-order valence-electron chi connectivity index (χ3n) is 5.34. The number of carbonyl (C=O) groups excluding carboxylic acids is 3. The van der Waals surface area contributed by atoms with E-state index < -0.39 is 30.1 Å². The maximum atomic E-state index is 13.0. The van der Waals surface area contributed by atoms with Crippen LogP contribution >= 0.6 is 0 Å². The minimum Gasteiger partial charge on any atom is -0.467 e. The van der Waals surface area contributed by atoms with Crippen molar-refractivity contribution in [3.8, 4) is 0 Å². The van der Waals surface area contributed by atoms with Crippen LogP contribution in [0.1, 0.15) is 25.0 Å². The predicted octanol–water partition coefficient (Wildman–Crippen LogP) is 3.32. The van der Waals surface area contributed by atoms with E-state index in [1.54, 1.807) is 13.8 Å². The summed E-state index contributed by atoms with van der Waals surface area (Å²) >= 11 is 0. The van der Waals surface area contributed by atoms with Crippen LogP contribution in [-0.2, 0) is 32.1 Å². The smallest absolute Gasteiger partial charge is 0.408 e. The number of fused-ring (bicyclic) bond motifs is 1. The van der Waals surface area contributed by atoms with Crippen molar-refractivity contribution in [1.82, 2.24) is 15.6 Å². The van der Waals surface area contributed by atoms with E-state index in [1.807, 2.05) is 60.8 Å². The number of methoxy groups -OCH3 is 1. The number of benzene rings is 2. The molecule has 0 aliphatic carbocycles. The summed E-state index contributed by atoms with van der Waals surface area (Å²) in [4.78, 5) is 40.9. The van der Waals surface area contributed by atoms with Crippen molar-refractivity contribution in [2.24, 2.45) is 5.92 Å². The van der Waals surface area contributed by atoms with E-state index in [9.17, 15) is 14.4 Å². The molecule has 0 radical (unpaired) electrons. The van der Waals surface area contributed by atoms with E-state index in [4.69, 9.17) is 9.47 Å². The number of hydrogen-bond acceptors (Lipinski definition) is 5. The third kappa shape index (κ3) is 6.35. The molecule has 0 fully saturated rings. The molecule has 2 amide bonds. The molecule has 0 bridgehead atoms. The zero-order chi connectivity index (χ0) is 23.8. The fourth-order valence-corrected chi connectivity index (χ4v) is 3.54. The van der Waals surface area contributed by atoms with E-state index in [-0.39, 0.29) is 18.9 Å². The Morgan fingerprint density at radius 1 is 0.970 bits per heavy atom. The molecule has 2 aromatic carbocycles. The van der Waals surface area contributed by atoms with Gasteiger partial charge in [0, 0.05) is 23.5 Å². The Morgan fingerprint density at radius 2 is 1.67 bits per heavy atom. The zero-order valence-electron chi connectivity index (χ0n) is 19.0. The van der Waals surface area contributed by atoms with Gasteiger partial charge in [0.1, 0.15) is 18.7 Å². The van der Waals surface area contributed by atoms with Crippen molar-refractivity contribution in [1.29, 1.82) is 0 Å². The van der Waals surface area contributed by atoms with E-state index in [0.717, 1.165) is 22.0 Å². The Bertz CT molecular complexity index is 1090. The topological polar surface area (TPSA) is 110 Å². The normalized spacial score (nSPS) is 12.7. The molecule has 0 saturated carbocycles. The van der Waals surface area contributed by atoms with E-state index >= 15 is 0 Å². The summed E-state index contributed by atoms with van der Waals surface area (Å²) in [6.45, 7) is 3.69. The predicted molar refractivity (Wildman–Crippen MR) is 124 cm³/mol. The van der Waals surface area contributed by atoms with Crippen LogP contribution in [0.15, 0.2) is 60.8 Å². The van der Waals surface area contributed by atoms with Gasteiger partial charge in [-0.25, -0.2) is 9.59 Å². The second kappa shape index (κ2) is 11.2. The molecule has 3 rings (SSSR count). The molecule has 3 aromatic rings. The number of hydrogen-bond donors (Lipinski definition) is 3. The highest BCUT2D eigenvalue weighted by Gasteiger charge is 2.30. The summed E-state index contributed by atoms with van der Waals surface area (Å²) in [7, 11) is 1.27. The average Bonchev–Trinajstić information content (AvgIpc) is 3.23. The third-order valence-corrected chi connectivity index (χ3v) is 5.34. The fourth-order valence-electron chi connectivity index (χ4n) is 3.54. The molecule has 8 nitrogen and oxygen atoms in total. The quantitative estimate of drug-likeness (QED) is 0.433. The number of carbonyl (C=O) groups is 3. The van der Waals surface area contributed by atoms with Crippen LogP contribution in [0.25, 0.3) is 10.9 Å². The van der Waals surface area contributed by atoms with E-state index in [1.165, 1.54) is 7.11 Å². The van der Waals surface area contributed by atoms with Crippen LogP contribution < -0.4 is 10.6 Å². The fraction of sp³-hybridized carbons (Fsp3) is 0.320. The maximum absolute atomic E-state index is 13.0. The molecule has 0 saturated heterocycles. The lowest BCUT2D eigenvalue weighted by Gasteiger charge is -2.24. The van der Waals surface area contributed by atoms with E-state index in [2.05, 4.69) is 15.6 Å². The van der Waals surface area contributed by atoms with Crippen LogP contribution in [0, 0.1) is 5.92 Å². The largest absolute Gasteiger partial charge is 0.467 e. The molecular weight excluding hydrogens is 422 g/mol. The van der Waals surface area contributed by atoms with Crippen molar-refractivity contribution in [2.45, 2.75) is 39.0 Å². The molecule has 1 heterocycles. The number of para-hydroxylation sites is 1. The first-order valence-corrected chi connectivity index (χ1v) is 10.8. The first kappa shape index (κ1) is 23.8. The molecule has 174 valence electrons. The van der Waals surface area contributed by atoms with Crippen molar-refractivity contribution in [3.63, 3.8) is 0 Å². The molecular formula is C25H29N3O5. The Balaban J connectivity index is 1.66. The first-order chi connectivity index (χ1) is 15.9. The molecule has 0 aliphatic heterocycles. The number of aromatic nitrogens is 1. The number of rotatable bonds is 9. The highest BCUT2D eigenvalue weighted by molar-refractivity contribution is 5.90. The van der Waals surface area contributed by atoms with Gasteiger partial charge in [0.25, 0.3) is 0 Å². The number of nitrogens with one attached hydrogen (secondary N) is 3. The SMILES string of the molecule is COC(=O)[C@H](Cc1c[nH]c2ccccc12)NC(=O)[C@@H](NC(=O)OCc1ccccc1)C(C)C. The second-order valence-corrected chi connectivity index (χ2v) is 8.08. The number of ether oxygens (including phenoxy) is 2. The lowest BCUT2D eigenvalue weighted by Crippen LogP contribution is -2.54. The van der Waals surface area contributed by atoms with Gasteiger partial charge in [-0.2, -0.15) is 0 Å². The summed E-state index contributed by atoms with van der Waals surface area (Å²) in [6.07, 6.45) is 1.34. The van der Waals surface area contributed by atoms with Crippen LogP contribution in [0.5, 0.6) is 0 Å². The van der Waals surface area contributed by atoms with Gasteiger partial charge in [-0.15, -0.1) is 0 Å². The molecule has 0 aliphatic rings. The Hall–Kier alpha value is -3.81. The zero-order valence-corrected chi connectivity index (χ0v) is 19.0. The van der Waals surface area contributed by atoms with Gasteiger partial charge >= 0.3 is 12.1 Å². The molecule has 2 atom stereocenters. The molecule has 3 N–H and O–H groups in total. The van der Waals surface area contributed by atoms with Crippen LogP contribution in [0.3, 0.4) is 0 Å². The highest BCUT2D eigenvalue weighted by atomic mass is 16.5. The molecule has 0 unspecified atom stereocenters. The maximum Gasteiger partial charge on any atom is 0.408 e. The summed E-state index contributed by atoms with van der Waals surface area (Å²) < 4.78 is 10.1. The Morgan fingerprint density at radius 3 is 2.36 bits per heavy atom. The van der Waals surface area contributed by atoms with Gasteiger partial charge in [0.05, 0.1) is 7.11 Å². The summed E-state index contributed by atoms with van der Waals surface area (Å²) in [5.74, 6) is -1.29. The van der Waals surface area contributed by atoms with Gasteiger partial charge in [0.15, 0.2) is 0 Å². The van der Waals surface area contributed by atoms with Crippen molar-refractivity contribution in [3.05, 3.63) is 71.9 Å². The number of alkyl carbamates (subject to hydrolysis) is 1. The van der Waals surface area contributed by atoms with Gasteiger partial charge in [-0.05, 0) is 23.1 Å². The number of aromatic amines is 1. The van der Waals surface area contributed by atoms with Crippen molar-refractivity contribution < 1.29 is 23.9 Å². The van der Waals surface area contributed by atoms with Crippen LogP contribution in [0.4, 0.5) is 4.79 Å². The molecule has 8 heteroatoms. The molecule has 33 heavy (non-hydrogen) atoms. The Labute approximate surface area is 192 Å². The van der Waals surface area contributed by atoms with Crippen molar-refractivity contribution >= 4 is 28.9 Å².